The Balaban J connectivity index is 1.66. The number of aromatic nitrogens is 1. The molecule has 0 N–H and O–H groups in total. The van der Waals surface area contributed by atoms with Gasteiger partial charge in [-0.1, -0.05) is 54.1 Å². The second-order valence-electron chi connectivity index (χ2n) is 6.46. The average Bonchev–Trinajstić information content (AvgIpc) is 2.77. The highest BCUT2D eigenvalue weighted by Gasteiger charge is 2.15. The third kappa shape index (κ3) is 4.11. The van der Waals surface area contributed by atoms with Crippen molar-refractivity contribution in [3.8, 4) is 17.3 Å². The lowest BCUT2D eigenvalue weighted by atomic mass is 10.0. The fourth-order valence-corrected chi connectivity index (χ4v) is 3.14. The SMILES string of the molecule is N#Cc1ccc(COC(=O)c2cc(-c3ccc(Cl)cc3)nc3ccccc23)cc1. The third-order valence-corrected chi connectivity index (χ3v) is 4.78. The van der Waals surface area contributed by atoms with Crippen LogP contribution in [0.4, 0.5) is 0 Å². The van der Waals surface area contributed by atoms with Gasteiger partial charge in [-0.2, -0.15) is 5.26 Å². The van der Waals surface area contributed by atoms with Gasteiger partial charge < -0.3 is 4.74 Å². The molecule has 29 heavy (non-hydrogen) atoms. The Bertz CT molecular complexity index is 1230. The van der Waals surface area contributed by atoms with Crippen molar-refractivity contribution < 1.29 is 9.53 Å². The van der Waals surface area contributed by atoms with E-state index in [0.717, 1.165) is 16.5 Å². The number of ether oxygens (including phenoxy) is 1. The molecule has 0 radical (unpaired) electrons. The number of carbonyl (C=O) groups is 1. The van der Waals surface area contributed by atoms with E-state index in [9.17, 15) is 4.79 Å². The molecular formula is C24H15ClN2O2. The van der Waals surface area contributed by atoms with Crippen LogP contribution >= 0.6 is 11.6 Å². The van der Waals surface area contributed by atoms with Crippen molar-refractivity contribution in [2.24, 2.45) is 0 Å². The van der Waals surface area contributed by atoms with Crippen molar-refractivity contribution in [3.63, 3.8) is 0 Å². The molecule has 4 nitrogen and oxygen atoms in total. The lowest BCUT2D eigenvalue weighted by molar-refractivity contribution is 0.0475. The fraction of sp³-hybridized carbons (Fsp3) is 0.0417. The van der Waals surface area contributed by atoms with Gasteiger partial charge in [0.1, 0.15) is 6.61 Å². The van der Waals surface area contributed by atoms with Crippen molar-refractivity contribution in [2.45, 2.75) is 6.61 Å². The predicted octanol–water partition coefficient (Wildman–Crippen LogP) is 5.78. The zero-order valence-electron chi connectivity index (χ0n) is 15.3. The van der Waals surface area contributed by atoms with Crippen LogP contribution in [0.5, 0.6) is 0 Å². The normalized spacial score (nSPS) is 10.5. The van der Waals surface area contributed by atoms with E-state index in [1.807, 2.05) is 36.4 Å². The molecule has 0 saturated heterocycles. The number of nitriles is 1. The van der Waals surface area contributed by atoms with Gasteiger partial charge >= 0.3 is 5.97 Å². The number of hydrogen-bond donors (Lipinski definition) is 0. The number of pyridine rings is 1. The second kappa shape index (κ2) is 8.14. The molecule has 0 fully saturated rings. The highest BCUT2D eigenvalue weighted by molar-refractivity contribution is 6.30. The molecule has 0 saturated carbocycles. The van der Waals surface area contributed by atoms with Crippen molar-refractivity contribution in [3.05, 3.63) is 101 Å². The molecule has 0 aliphatic carbocycles. The molecule has 0 spiro atoms. The van der Waals surface area contributed by atoms with Gasteiger partial charge in [0, 0.05) is 16.0 Å². The van der Waals surface area contributed by atoms with Crippen LogP contribution < -0.4 is 0 Å². The Hall–Kier alpha value is -3.68. The van der Waals surface area contributed by atoms with Crippen LogP contribution in [-0.4, -0.2) is 11.0 Å². The maximum absolute atomic E-state index is 12.9. The topological polar surface area (TPSA) is 63.0 Å². The van der Waals surface area contributed by atoms with Crippen molar-refractivity contribution in [1.29, 1.82) is 5.26 Å². The smallest absolute Gasteiger partial charge is 0.339 e. The number of esters is 1. The molecule has 0 bridgehead atoms. The number of benzene rings is 3. The lowest BCUT2D eigenvalue weighted by Gasteiger charge is -2.10. The summed E-state index contributed by atoms with van der Waals surface area (Å²) in [6.45, 7) is 0.122. The van der Waals surface area contributed by atoms with Gasteiger partial charge in [0.15, 0.2) is 0 Å². The van der Waals surface area contributed by atoms with Gasteiger partial charge in [0.25, 0.3) is 0 Å². The van der Waals surface area contributed by atoms with E-state index >= 15 is 0 Å². The lowest BCUT2D eigenvalue weighted by Crippen LogP contribution is -2.07. The molecule has 0 atom stereocenters. The number of carbonyl (C=O) groups excluding carboxylic acids is 1. The number of halogens is 1. The summed E-state index contributed by atoms with van der Waals surface area (Å²) in [7, 11) is 0. The molecule has 1 aromatic heterocycles. The molecule has 4 aromatic rings. The molecule has 0 aliphatic heterocycles. The minimum Gasteiger partial charge on any atom is -0.457 e. The summed E-state index contributed by atoms with van der Waals surface area (Å²) in [5.41, 5.74) is 4.08. The van der Waals surface area contributed by atoms with Crippen LogP contribution in [0.15, 0.2) is 78.9 Å². The monoisotopic (exact) mass is 398 g/mol. The van der Waals surface area contributed by atoms with E-state index in [-0.39, 0.29) is 6.61 Å². The maximum atomic E-state index is 12.9. The Labute approximate surface area is 173 Å². The summed E-state index contributed by atoms with van der Waals surface area (Å²) < 4.78 is 5.54. The number of fused-ring (bicyclic) bond motifs is 1. The molecule has 0 aliphatic rings. The number of hydrogen-bond acceptors (Lipinski definition) is 4. The van der Waals surface area contributed by atoms with E-state index in [0.29, 0.717) is 27.4 Å². The van der Waals surface area contributed by atoms with Crippen LogP contribution in [0.25, 0.3) is 22.2 Å². The van der Waals surface area contributed by atoms with Gasteiger partial charge in [-0.25, -0.2) is 9.78 Å². The van der Waals surface area contributed by atoms with Gasteiger partial charge in [0.05, 0.1) is 28.4 Å². The Kier molecular flexibility index (Phi) is 5.24. The minimum atomic E-state index is -0.428. The number of rotatable bonds is 4. The molecule has 0 amide bonds. The van der Waals surface area contributed by atoms with Crippen LogP contribution in [-0.2, 0) is 11.3 Å². The van der Waals surface area contributed by atoms with Crippen LogP contribution in [0, 0.1) is 11.3 Å². The van der Waals surface area contributed by atoms with Crippen molar-refractivity contribution in [1.82, 2.24) is 4.98 Å². The predicted molar refractivity (Wildman–Crippen MR) is 112 cm³/mol. The second-order valence-corrected chi connectivity index (χ2v) is 6.90. The average molecular weight is 399 g/mol. The van der Waals surface area contributed by atoms with Gasteiger partial charge in [0.2, 0.25) is 0 Å². The highest BCUT2D eigenvalue weighted by Crippen LogP contribution is 2.26. The van der Waals surface area contributed by atoms with Gasteiger partial charge in [-0.05, 0) is 42.0 Å². The summed E-state index contributed by atoms with van der Waals surface area (Å²) in [6.07, 6.45) is 0. The zero-order valence-corrected chi connectivity index (χ0v) is 16.1. The first-order valence-corrected chi connectivity index (χ1v) is 9.34. The fourth-order valence-electron chi connectivity index (χ4n) is 3.01. The first-order chi connectivity index (χ1) is 14.1. The molecule has 1 heterocycles. The van der Waals surface area contributed by atoms with E-state index in [1.54, 1.807) is 42.5 Å². The molecule has 5 heteroatoms. The maximum Gasteiger partial charge on any atom is 0.339 e. The first kappa shape index (κ1) is 18.7. The van der Waals surface area contributed by atoms with Crippen LogP contribution in [0.2, 0.25) is 5.02 Å². The molecule has 0 unspecified atom stereocenters. The minimum absolute atomic E-state index is 0.122. The standard InChI is InChI=1S/C24H15ClN2O2/c25-19-11-9-18(10-12-19)23-13-21(20-3-1-2-4-22(20)27-23)24(28)29-15-17-7-5-16(14-26)6-8-17/h1-13H,15H2. The van der Waals surface area contributed by atoms with E-state index in [4.69, 9.17) is 21.6 Å². The van der Waals surface area contributed by atoms with Crippen LogP contribution in [0.1, 0.15) is 21.5 Å². The first-order valence-electron chi connectivity index (χ1n) is 8.96. The quantitative estimate of drug-likeness (QED) is 0.408. The largest absolute Gasteiger partial charge is 0.457 e. The van der Waals surface area contributed by atoms with E-state index in [2.05, 4.69) is 11.1 Å². The Morgan fingerprint density at radius 2 is 1.72 bits per heavy atom. The summed E-state index contributed by atoms with van der Waals surface area (Å²) in [6, 6.07) is 25.5. The molecule has 3 aromatic carbocycles. The Morgan fingerprint density at radius 1 is 1.00 bits per heavy atom. The van der Waals surface area contributed by atoms with Crippen LogP contribution in [0.3, 0.4) is 0 Å². The molecular weight excluding hydrogens is 384 g/mol. The number of para-hydroxylation sites is 1. The molecule has 140 valence electrons. The van der Waals surface area contributed by atoms with Crippen molar-refractivity contribution in [2.75, 3.05) is 0 Å². The van der Waals surface area contributed by atoms with Gasteiger partial charge in [-0.15, -0.1) is 0 Å². The molecule has 4 rings (SSSR count). The Morgan fingerprint density at radius 3 is 2.45 bits per heavy atom. The summed E-state index contributed by atoms with van der Waals surface area (Å²) in [5.74, 6) is -0.428. The van der Waals surface area contributed by atoms with E-state index < -0.39 is 5.97 Å². The zero-order chi connectivity index (χ0) is 20.2. The van der Waals surface area contributed by atoms with Crippen molar-refractivity contribution >= 4 is 28.5 Å². The summed E-state index contributed by atoms with van der Waals surface area (Å²) >= 11 is 5.98. The van der Waals surface area contributed by atoms with Gasteiger partial charge in [-0.3, -0.25) is 0 Å². The highest BCUT2D eigenvalue weighted by atomic mass is 35.5. The van der Waals surface area contributed by atoms with E-state index in [1.165, 1.54) is 0 Å². The summed E-state index contributed by atoms with van der Waals surface area (Å²) in [5, 5.41) is 10.2. The third-order valence-electron chi connectivity index (χ3n) is 4.53. The number of nitrogens with zero attached hydrogens (tertiary/aromatic N) is 2. The summed E-state index contributed by atoms with van der Waals surface area (Å²) in [4.78, 5) is 17.5.